The number of nitrogens with zero attached hydrogens (tertiary/aromatic N) is 3. The number of piperazine rings is 1. The summed E-state index contributed by atoms with van der Waals surface area (Å²) < 4.78 is 0. The maximum absolute atomic E-state index is 12.0. The van der Waals surface area contributed by atoms with Crippen LogP contribution >= 0.6 is 0 Å². The second-order valence-electron chi connectivity index (χ2n) is 6.56. The van der Waals surface area contributed by atoms with Crippen LogP contribution in [0.3, 0.4) is 0 Å². The predicted molar refractivity (Wildman–Crippen MR) is 107 cm³/mol. The number of para-hydroxylation sites is 1. The highest BCUT2D eigenvalue weighted by Gasteiger charge is 2.17. The van der Waals surface area contributed by atoms with Gasteiger partial charge >= 0.3 is 0 Å². The fourth-order valence-electron chi connectivity index (χ4n) is 3.09. The first-order valence-corrected chi connectivity index (χ1v) is 9.12. The van der Waals surface area contributed by atoms with E-state index >= 15 is 0 Å². The lowest BCUT2D eigenvalue weighted by molar-refractivity contribution is -0.121. The number of carbonyl (C=O) groups is 1. The highest BCUT2D eigenvalue weighted by atomic mass is 16.2. The molecular weight excluding hydrogens is 324 g/mol. The predicted octanol–water partition coefficient (Wildman–Crippen LogP) is 2.66. The fraction of sp³-hybridized carbons (Fsp3) is 0.333. The molecule has 0 aliphatic carbocycles. The van der Waals surface area contributed by atoms with Crippen molar-refractivity contribution in [3.8, 4) is 0 Å². The summed E-state index contributed by atoms with van der Waals surface area (Å²) >= 11 is 0. The first-order valence-electron chi connectivity index (χ1n) is 9.12. The molecule has 1 saturated heterocycles. The Bertz CT molecular complexity index is 737. The molecule has 0 spiro atoms. The van der Waals surface area contributed by atoms with Crippen molar-refractivity contribution in [1.82, 2.24) is 10.3 Å². The standard InChI is InChI=1S/C21H26N4O/c1-18-7-5-6-8-19(18)17-22-23-21(26)11-12-24-13-15-25(16-14-24)20-9-3-2-4-10-20/h2-10,17H,11-16H2,1H3,(H,23,26)/b22-17-. The third-order valence-corrected chi connectivity index (χ3v) is 4.73. The van der Waals surface area contributed by atoms with E-state index in [1.165, 1.54) is 5.69 Å². The van der Waals surface area contributed by atoms with Crippen LogP contribution in [0.15, 0.2) is 59.7 Å². The van der Waals surface area contributed by atoms with Gasteiger partial charge in [0.2, 0.25) is 5.91 Å². The Kier molecular flexibility index (Phi) is 6.39. The molecule has 0 aromatic heterocycles. The van der Waals surface area contributed by atoms with Crippen LogP contribution < -0.4 is 10.3 Å². The van der Waals surface area contributed by atoms with E-state index in [4.69, 9.17) is 0 Å². The van der Waals surface area contributed by atoms with E-state index in [0.29, 0.717) is 6.42 Å². The van der Waals surface area contributed by atoms with Gasteiger partial charge in [0.05, 0.1) is 6.21 Å². The molecule has 0 saturated carbocycles. The lowest BCUT2D eigenvalue weighted by Crippen LogP contribution is -2.47. The number of benzene rings is 2. The van der Waals surface area contributed by atoms with Gasteiger partial charge in [-0.15, -0.1) is 0 Å². The molecule has 3 rings (SSSR count). The summed E-state index contributed by atoms with van der Waals surface area (Å²) in [6, 6.07) is 18.4. The zero-order valence-corrected chi connectivity index (χ0v) is 15.3. The summed E-state index contributed by atoms with van der Waals surface area (Å²) in [6.07, 6.45) is 2.17. The van der Waals surface area contributed by atoms with E-state index in [2.05, 4.69) is 44.6 Å². The largest absolute Gasteiger partial charge is 0.369 e. The van der Waals surface area contributed by atoms with Gasteiger partial charge in [-0.2, -0.15) is 5.10 Å². The molecule has 5 heteroatoms. The number of rotatable bonds is 6. The first-order chi connectivity index (χ1) is 12.7. The molecule has 2 aromatic rings. The Labute approximate surface area is 155 Å². The van der Waals surface area contributed by atoms with Crippen molar-refractivity contribution in [2.45, 2.75) is 13.3 Å². The van der Waals surface area contributed by atoms with Crippen molar-refractivity contribution >= 4 is 17.8 Å². The molecule has 5 nitrogen and oxygen atoms in total. The van der Waals surface area contributed by atoms with Crippen molar-refractivity contribution in [2.75, 3.05) is 37.6 Å². The maximum Gasteiger partial charge on any atom is 0.241 e. The van der Waals surface area contributed by atoms with Crippen LogP contribution in [0.1, 0.15) is 17.5 Å². The maximum atomic E-state index is 12.0. The zero-order chi connectivity index (χ0) is 18.2. The number of hydrogen-bond donors (Lipinski definition) is 1. The third kappa shape index (κ3) is 5.17. The molecule has 0 bridgehead atoms. The summed E-state index contributed by atoms with van der Waals surface area (Å²) in [5.74, 6) is -0.0414. The zero-order valence-electron chi connectivity index (χ0n) is 15.3. The summed E-state index contributed by atoms with van der Waals surface area (Å²) in [6.45, 7) is 6.75. The van der Waals surface area contributed by atoms with Crippen LogP contribution in [0.4, 0.5) is 5.69 Å². The van der Waals surface area contributed by atoms with Crippen LogP contribution in [0.5, 0.6) is 0 Å². The fourth-order valence-corrected chi connectivity index (χ4v) is 3.09. The average Bonchev–Trinajstić information content (AvgIpc) is 2.69. The summed E-state index contributed by atoms with van der Waals surface area (Å²) in [5, 5.41) is 4.07. The minimum Gasteiger partial charge on any atom is -0.369 e. The number of hydrazone groups is 1. The molecule has 1 N–H and O–H groups in total. The molecule has 136 valence electrons. The van der Waals surface area contributed by atoms with E-state index in [1.54, 1.807) is 6.21 Å². The molecule has 2 aromatic carbocycles. The molecule has 0 radical (unpaired) electrons. The smallest absolute Gasteiger partial charge is 0.241 e. The van der Waals surface area contributed by atoms with E-state index in [9.17, 15) is 4.79 Å². The van der Waals surface area contributed by atoms with E-state index in [1.807, 2.05) is 37.3 Å². The van der Waals surface area contributed by atoms with Crippen LogP contribution in [0, 0.1) is 6.92 Å². The molecule has 1 heterocycles. The highest BCUT2D eigenvalue weighted by molar-refractivity contribution is 5.83. The monoisotopic (exact) mass is 350 g/mol. The minimum atomic E-state index is -0.0414. The molecule has 26 heavy (non-hydrogen) atoms. The van der Waals surface area contributed by atoms with Gasteiger partial charge in [-0.1, -0.05) is 42.5 Å². The van der Waals surface area contributed by atoms with Crippen molar-refractivity contribution in [3.05, 3.63) is 65.7 Å². The molecule has 0 atom stereocenters. The topological polar surface area (TPSA) is 47.9 Å². The number of anilines is 1. The summed E-state index contributed by atoms with van der Waals surface area (Å²) in [5.41, 5.74) is 6.06. The first kappa shape index (κ1) is 18.1. The van der Waals surface area contributed by atoms with Gasteiger partial charge in [-0.05, 0) is 30.2 Å². The van der Waals surface area contributed by atoms with Crippen molar-refractivity contribution in [1.29, 1.82) is 0 Å². The number of aryl methyl sites for hydroxylation is 1. The van der Waals surface area contributed by atoms with Gasteiger partial charge in [-0.25, -0.2) is 5.43 Å². The van der Waals surface area contributed by atoms with Gasteiger partial charge in [0.15, 0.2) is 0 Å². The quantitative estimate of drug-likeness (QED) is 0.644. The van der Waals surface area contributed by atoms with Crippen molar-refractivity contribution < 1.29 is 4.79 Å². The molecule has 1 aliphatic rings. The Morgan fingerprint density at radius 2 is 1.73 bits per heavy atom. The number of hydrogen-bond acceptors (Lipinski definition) is 4. The van der Waals surface area contributed by atoms with E-state index < -0.39 is 0 Å². The van der Waals surface area contributed by atoms with E-state index in [-0.39, 0.29) is 5.91 Å². The summed E-state index contributed by atoms with van der Waals surface area (Å²) in [7, 11) is 0. The van der Waals surface area contributed by atoms with Crippen LogP contribution in [0.2, 0.25) is 0 Å². The SMILES string of the molecule is Cc1ccccc1/C=N\NC(=O)CCN1CCN(c2ccccc2)CC1. The van der Waals surface area contributed by atoms with Gasteiger partial charge in [0, 0.05) is 44.8 Å². The van der Waals surface area contributed by atoms with E-state index in [0.717, 1.165) is 43.9 Å². The lowest BCUT2D eigenvalue weighted by Gasteiger charge is -2.36. The number of carbonyl (C=O) groups excluding carboxylic acids is 1. The molecule has 0 unspecified atom stereocenters. The molecule has 1 fully saturated rings. The summed E-state index contributed by atoms with van der Waals surface area (Å²) in [4.78, 5) is 16.7. The number of amides is 1. The second-order valence-corrected chi connectivity index (χ2v) is 6.56. The molecule has 1 aliphatic heterocycles. The second kappa shape index (κ2) is 9.15. The van der Waals surface area contributed by atoms with Gasteiger partial charge in [0.25, 0.3) is 0 Å². The minimum absolute atomic E-state index is 0.0414. The Morgan fingerprint density at radius 3 is 2.46 bits per heavy atom. The third-order valence-electron chi connectivity index (χ3n) is 4.73. The average molecular weight is 350 g/mol. The normalized spacial score (nSPS) is 15.3. The van der Waals surface area contributed by atoms with Crippen molar-refractivity contribution in [3.63, 3.8) is 0 Å². The van der Waals surface area contributed by atoms with Crippen molar-refractivity contribution in [2.24, 2.45) is 5.10 Å². The lowest BCUT2D eigenvalue weighted by atomic mass is 10.1. The Hall–Kier alpha value is -2.66. The molecule has 1 amide bonds. The van der Waals surface area contributed by atoms with Gasteiger partial charge < -0.3 is 4.90 Å². The highest BCUT2D eigenvalue weighted by Crippen LogP contribution is 2.15. The van der Waals surface area contributed by atoms with Crippen LogP contribution in [-0.4, -0.2) is 49.7 Å². The van der Waals surface area contributed by atoms with Gasteiger partial charge in [-0.3, -0.25) is 9.69 Å². The number of nitrogens with one attached hydrogen (secondary N) is 1. The molecular formula is C21H26N4O. The van der Waals surface area contributed by atoms with Gasteiger partial charge in [0.1, 0.15) is 0 Å². The van der Waals surface area contributed by atoms with Crippen LogP contribution in [-0.2, 0) is 4.79 Å². The Morgan fingerprint density at radius 1 is 1.04 bits per heavy atom. The Balaban J connectivity index is 1.37. The van der Waals surface area contributed by atoms with Crippen LogP contribution in [0.25, 0.3) is 0 Å².